The molecule has 2 aliphatic heterocycles. The fourth-order valence-corrected chi connectivity index (χ4v) is 4.77. The van der Waals surface area contributed by atoms with E-state index in [-0.39, 0.29) is 11.7 Å². The second-order valence-electron chi connectivity index (χ2n) is 9.12. The van der Waals surface area contributed by atoms with Gasteiger partial charge in [-0.3, -0.25) is 9.69 Å². The van der Waals surface area contributed by atoms with Gasteiger partial charge >= 0.3 is 0 Å². The molecule has 0 N–H and O–H groups in total. The normalized spacial score (nSPS) is 19.9. The van der Waals surface area contributed by atoms with Crippen molar-refractivity contribution in [2.24, 2.45) is 5.92 Å². The third-order valence-electron chi connectivity index (χ3n) is 6.73. The lowest BCUT2D eigenvalue weighted by molar-refractivity contribution is 0.0441. The monoisotopic (exact) mass is 442 g/mol. The van der Waals surface area contributed by atoms with Crippen molar-refractivity contribution < 1.29 is 18.3 Å². The van der Waals surface area contributed by atoms with Crippen LogP contribution in [0.4, 0.5) is 8.78 Å². The molecule has 2 aromatic rings. The number of amides is 1. The number of carbonyl (C=O) groups is 1. The van der Waals surface area contributed by atoms with Gasteiger partial charge in [0, 0.05) is 26.2 Å². The molecule has 4 rings (SSSR count). The first-order valence-electron chi connectivity index (χ1n) is 11.6. The van der Waals surface area contributed by atoms with Crippen molar-refractivity contribution in [2.45, 2.75) is 45.3 Å². The number of piperidine rings is 1. The maximum atomic E-state index is 14.3. The summed E-state index contributed by atoms with van der Waals surface area (Å²) in [5.74, 6) is -1.39. The predicted molar refractivity (Wildman–Crippen MR) is 120 cm³/mol. The molecule has 4 nitrogen and oxygen atoms in total. The number of ether oxygens (including phenoxy) is 1. The zero-order valence-corrected chi connectivity index (χ0v) is 18.7. The molecule has 172 valence electrons. The Balaban J connectivity index is 1.39. The van der Waals surface area contributed by atoms with Gasteiger partial charge in [-0.15, -0.1) is 0 Å². The fourth-order valence-electron chi connectivity index (χ4n) is 4.77. The molecule has 1 amide bonds. The van der Waals surface area contributed by atoms with E-state index in [2.05, 4.69) is 36.1 Å². The van der Waals surface area contributed by atoms with Crippen LogP contribution in [0.3, 0.4) is 0 Å². The van der Waals surface area contributed by atoms with Gasteiger partial charge in [-0.25, -0.2) is 8.78 Å². The number of nitrogens with zero attached hydrogens (tertiary/aromatic N) is 2. The summed E-state index contributed by atoms with van der Waals surface area (Å²) in [6.07, 6.45) is 3.79. The van der Waals surface area contributed by atoms with Crippen molar-refractivity contribution in [3.8, 4) is 0 Å². The van der Waals surface area contributed by atoms with Crippen LogP contribution in [0.5, 0.6) is 0 Å². The van der Waals surface area contributed by atoms with Crippen LogP contribution in [0.1, 0.15) is 47.2 Å². The molecule has 0 radical (unpaired) electrons. The third-order valence-corrected chi connectivity index (χ3v) is 6.73. The molecule has 2 heterocycles. The number of aryl methyl sites for hydroxylation is 1. The van der Waals surface area contributed by atoms with Gasteiger partial charge in [-0.1, -0.05) is 24.3 Å². The maximum Gasteiger partial charge on any atom is 0.257 e. The Morgan fingerprint density at radius 3 is 2.59 bits per heavy atom. The van der Waals surface area contributed by atoms with E-state index in [0.717, 1.165) is 63.5 Å². The lowest BCUT2D eigenvalue weighted by Gasteiger charge is -2.36. The molecule has 0 aromatic heterocycles. The molecule has 0 spiro atoms. The van der Waals surface area contributed by atoms with Crippen LogP contribution in [-0.4, -0.2) is 54.6 Å². The lowest BCUT2D eigenvalue weighted by Crippen LogP contribution is -2.43. The predicted octanol–water partition coefficient (Wildman–Crippen LogP) is 4.81. The summed E-state index contributed by atoms with van der Waals surface area (Å²) in [7, 11) is 0. The van der Waals surface area contributed by atoms with Gasteiger partial charge in [0.25, 0.3) is 5.91 Å². The van der Waals surface area contributed by atoms with Crippen molar-refractivity contribution in [1.29, 1.82) is 0 Å². The highest BCUT2D eigenvalue weighted by Crippen LogP contribution is 2.24. The second kappa shape index (κ2) is 10.5. The van der Waals surface area contributed by atoms with Crippen LogP contribution in [0.15, 0.2) is 42.5 Å². The molecule has 2 fully saturated rings. The van der Waals surface area contributed by atoms with E-state index < -0.39 is 17.5 Å². The van der Waals surface area contributed by atoms with E-state index in [1.54, 1.807) is 4.90 Å². The largest absolute Gasteiger partial charge is 0.376 e. The Hall–Kier alpha value is -2.31. The summed E-state index contributed by atoms with van der Waals surface area (Å²) in [6, 6.07) is 11.5. The minimum Gasteiger partial charge on any atom is -0.376 e. The SMILES string of the molecule is Cc1ccccc1CN1CCC(CN(C[C@@H]2CCCO2)C(=O)c2cc(F)ccc2F)CC1. The van der Waals surface area contributed by atoms with Gasteiger partial charge in [0.1, 0.15) is 11.6 Å². The first-order chi connectivity index (χ1) is 15.5. The zero-order chi connectivity index (χ0) is 22.5. The molecule has 2 aromatic carbocycles. The number of rotatable bonds is 7. The van der Waals surface area contributed by atoms with Gasteiger partial charge in [0.15, 0.2) is 0 Å². The van der Waals surface area contributed by atoms with Crippen molar-refractivity contribution >= 4 is 5.91 Å². The highest BCUT2D eigenvalue weighted by atomic mass is 19.1. The van der Waals surface area contributed by atoms with Crippen LogP contribution in [0.2, 0.25) is 0 Å². The number of halogens is 2. The molecule has 6 heteroatoms. The Bertz CT molecular complexity index is 922. The molecule has 1 atom stereocenters. The summed E-state index contributed by atoms with van der Waals surface area (Å²) in [4.78, 5) is 17.3. The molecular weight excluding hydrogens is 410 g/mol. The Morgan fingerprint density at radius 1 is 1.09 bits per heavy atom. The molecule has 2 saturated heterocycles. The molecular formula is C26H32F2N2O2. The van der Waals surface area contributed by atoms with E-state index in [0.29, 0.717) is 25.6 Å². The molecule has 0 aliphatic carbocycles. The topological polar surface area (TPSA) is 32.8 Å². The number of likely N-dealkylation sites (tertiary alicyclic amines) is 1. The first kappa shape index (κ1) is 22.9. The first-order valence-corrected chi connectivity index (χ1v) is 11.6. The molecule has 0 saturated carbocycles. The summed E-state index contributed by atoms with van der Waals surface area (Å²) in [5, 5.41) is 0. The summed E-state index contributed by atoms with van der Waals surface area (Å²) in [6.45, 7) is 6.68. The van der Waals surface area contributed by atoms with E-state index in [4.69, 9.17) is 4.74 Å². The van der Waals surface area contributed by atoms with Gasteiger partial charge in [-0.05, 0) is 80.9 Å². The van der Waals surface area contributed by atoms with Crippen molar-refractivity contribution in [1.82, 2.24) is 9.80 Å². The zero-order valence-electron chi connectivity index (χ0n) is 18.7. The van der Waals surface area contributed by atoms with Crippen molar-refractivity contribution in [3.05, 3.63) is 70.8 Å². The summed E-state index contributed by atoms with van der Waals surface area (Å²) in [5.41, 5.74) is 2.46. The Labute approximate surface area is 189 Å². The van der Waals surface area contributed by atoms with E-state index in [1.165, 1.54) is 11.1 Å². The van der Waals surface area contributed by atoms with Crippen molar-refractivity contribution in [2.75, 3.05) is 32.8 Å². The number of benzene rings is 2. The lowest BCUT2D eigenvalue weighted by atomic mass is 9.95. The number of hydrogen-bond donors (Lipinski definition) is 0. The number of carbonyl (C=O) groups excluding carboxylic acids is 1. The highest BCUT2D eigenvalue weighted by molar-refractivity contribution is 5.94. The molecule has 32 heavy (non-hydrogen) atoms. The average molecular weight is 443 g/mol. The van der Waals surface area contributed by atoms with Gasteiger partial charge < -0.3 is 9.64 Å². The molecule has 0 unspecified atom stereocenters. The third kappa shape index (κ3) is 5.73. The van der Waals surface area contributed by atoms with E-state index in [9.17, 15) is 13.6 Å². The quantitative estimate of drug-likeness (QED) is 0.617. The van der Waals surface area contributed by atoms with Crippen LogP contribution in [0, 0.1) is 24.5 Å². The smallest absolute Gasteiger partial charge is 0.257 e. The van der Waals surface area contributed by atoms with Crippen molar-refractivity contribution in [3.63, 3.8) is 0 Å². The van der Waals surface area contributed by atoms with Crippen LogP contribution >= 0.6 is 0 Å². The van der Waals surface area contributed by atoms with Gasteiger partial charge in [0.05, 0.1) is 11.7 Å². The van der Waals surface area contributed by atoms with E-state index >= 15 is 0 Å². The van der Waals surface area contributed by atoms with Crippen LogP contribution in [-0.2, 0) is 11.3 Å². The van der Waals surface area contributed by atoms with Crippen LogP contribution in [0.25, 0.3) is 0 Å². The minimum absolute atomic E-state index is 0.0308. The van der Waals surface area contributed by atoms with Gasteiger partial charge in [0.2, 0.25) is 0 Å². The summed E-state index contributed by atoms with van der Waals surface area (Å²) >= 11 is 0. The molecule has 2 aliphatic rings. The average Bonchev–Trinajstić information content (AvgIpc) is 3.30. The maximum absolute atomic E-state index is 14.3. The second-order valence-corrected chi connectivity index (χ2v) is 9.12. The summed E-state index contributed by atoms with van der Waals surface area (Å²) < 4.78 is 33.8. The Morgan fingerprint density at radius 2 is 1.88 bits per heavy atom. The fraction of sp³-hybridized carbons (Fsp3) is 0.500. The number of hydrogen-bond acceptors (Lipinski definition) is 3. The minimum atomic E-state index is -0.679. The molecule has 0 bridgehead atoms. The standard InChI is InChI=1S/C26H32F2N2O2/c1-19-5-2-3-6-21(19)17-29-12-10-20(11-13-29)16-30(18-23-7-4-14-32-23)26(31)24-15-22(27)8-9-25(24)28/h2-3,5-6,8-9,15,20,23H,4,7,10-14,16-18H2,1H3/t23-/m0/s1. The Kier molecular flexibility index (Phi) is 7.53. The van der Waals surface area contributed by atoms with E-state index in [1.807, 2.05) is 0 Å². The van der Waals surface area contributed by atoms with Crippen LogP contribution < -0.4 is 0 Å². The van der Waals surface area contributed by atoms with Gasteiger partial charge in [-0.2, -0.15) is 0 Å². The highest BCUT2D eigenvalue weighted by Gasteiger charge is 2.29.